The van der Waals surface area contributed by atoms with Gasteiger partial charge in [0, 0.05) is 4.47 Å². The molecule has 0 saturated carbocycles. The van der Waals surface area contributed by atoms with Gasteiger partial charge in [0.1, 0.15) is 0 Å². The Kier molecular flexibility index (Phi) is 6.17. The second-order valence-corrected chi connectivity index (χ2v) is 5.63. The summed E-state index contributed by atoms with van der Waals surface area (Å²) >= 11 is 3.38. The van der Waals surface area contributed by atoms with Crippen LogP contribution in [0.1, 0.15) is 11.1 Å². The summed E-state index contributed by atoms with van der Waals surface area (Å²) in [5.74, 6) is 1.02. The molecule has 120 valence electrons. The normalized spacial score (nSPS) is 10.6. The molecule has 0 bridgehead atoms. The van der Waals surface area contributed by atoms with E-state index in [0.29, 0.717) is 11.5 Å². The summed E-state index contributed by atoms with van der Waals surface area (Å²) in [6.07, 6.45) is 1.80. The molecular formula is C17H17BrN2O3. The zero-order chi connectivity index (χ0) is 16.7. The molecule has 0 fully saturated rings. The predicted octanol–water partition coefficient (Wildman–Crippen LogP) is 3.16. The van der Waals surface area contributed by atoms with E-state index < -0.39 is 0 Å². The number of carbonyl (C=O) groups excluding carboxylic acids is 1. The van der Waals surface area contributed by atoms with Crippen molar-refractivity contribution in [3.05, 3.63) is 58.1 Å². The quantitative estimate of drug-likeness (QED) is 0.622. The van der Waals surface area contributed by atoms with E-state index in [2.05, 4.69) is 26.5 Å². The van der Waals surface area contributed by atoms with Crippen molar-refractivity contribution < 1.29 is 14.3 Å². The summed E-state index contributed by atoms with van der Waals surface area (Å²) in [5.41, 5.74) is 4.22. The summed E-state index contributed by atoms with van der Waals surface area (Å²) in [5, 5.41) is 3.95. The molecule has 0 heterocycles. The molecule has 0 saturated heterocycles. The molecule has 0 unspecified atom stereocenters. The number of hydrogen-bond donors (Lipinski definition) is 1. The van der Waals surface area contributed by atoms with Gasteiger partial charge in [-0.2, -0.15) is 5.10 Å². The van der Waals surface area contributed by atoms with Crippen molar-refractivity contribution in [2.24, 2.45) is 5.10 Å². The van der Waals surface area contributed by atoms with E-state index in [1.807, 2.05) is 30.3 Å². The zero-order valence-electron chi connectivity index (χ0n) is 12.9. The van der Waals surface area contributed by atoms with Crippen LogP contribution in [0.2, 0.25) is 0 Å². The Morgan fingerprint density at radius 1 is 1.17 bits per heavy atom. The Morgan fingerprint density at radius 3 is 2.65 bits per heavy atom. The minimum Gasteiger partial charge on any atom is -0.493 e. The van der Waals surface area contributed by atoms with Crippen LogP contribution >= 0.6 is 15.9 Å². The molecule has 0 aliphatic heterocycles. The fraction of sp³-hybridized carbons (Fsp3) is 0.176. The summed E-state index contributed by atoms with van der Waals surface area (Å²) in [4.78, 5) is 11.9. The second kappa shape index (κ2) is 8.33. The molecule has 6 heteroatoms. The monoisotopic (exact) mass is 376 g/mol. The van der Waals surface area contributed by atoms with E-state index >= 15 is 0 Å². The molecule has 0 spiro atoms. The first-order valence-electron chi connectivity index (χ1n) is 6.90. The first-order chi connectivity index (χ1) is 11.1. The van der Waals surface area contributed by atoms with E-state index in [1.54, 1.807) is 32.6 Å². The number of carbonyl (C=O) groups is 1. The van der Waals surface area contributed by atoms with Crippen molar-refractivity contribution in [1.29, 1.82) is 0 Å². The topological polar surface area (TPSA) is 59.9 Å². The lowest BCUT2D eigenvalue weighted by atomic mass is 10.1. The largest absolute Gasteiger partial charge is 0.493 e. The van der Waals surface area contributed by atoms with Crippen molar-refractivity contribution in [1.82, 2.24) is 5.43 Å². The average Bonchev–Trinajstić information content (AvgIpc) is 2.54. The van der Waals surface area contributed by atoms with Gasteiger partial charge in [-0.25, -0.2) is 5.43 Å². The Labute approximate surface area is 143 Å². The molecule has 1 amide bonds. The predicted molar refractivity (Wildman–Crippen MR) is 93.1 cm³/mol. The van der Waals surface area contributed by atoms with Crippen LogP contribution in [0.5, 0.6) is 11.5 Å². The van der Waals surface area contributed by atoms with Crippen LogP contribution in [0.3, 0.4) is 0 Å². The third-order valence-electron chi connectivity index (χ3n) is 3.06. The maximum Gasteiger partial charge on any atom is 0.244 e. The number of hydrogen-bond acceptors (Lipinski definition) is 4. The molecule has 0 aliphatic rings. The highest BCUT2D eigenvalue weighted by Crippen LogP contribution is 2.27. The molecule has 0 aromatic heterocycles. The Bertz CT molecular complexity index is 717. The van der Waals surface area contributed by atoms with Crippen LogP contribution in [-0.2, 0) is 11.2 Å². The van der Waals surface area contributed by atoms with E-state index in [0.717, 1.165) is 15.6 Å². The second-order valence-electron chi connectivity index (χ2n) is 4.71. The molecule has 0 aliphatic carbocycles. The molecule has 2 aromatic rings. The van der Waals surface area contributed by atoms with Gasteiger partial charge in [0.25, 0.3) is 0 Å². The van der Waals surface area contributed by atoms with Gasteiger partial charge < -0.3 is 9.47 Å². The molecule has 1 N–H and O–H groups in total. The number of nitrogens with one attached hydrogen (secondary N) is 1. The fourth-order valence-electron chi connectivity index (χ4n) is 1.98. The van der Waals surface area contributed by atoms with Crippen molar-refractivity contribution in [2.45, 2.75) is 6.42 Å². The van der Waals surface area contributed by atoms with E-state index in [-0.39, 0.29) is 12.3 Å². The van der Waals surface area contributed by atoms with Gasteiger partial charge >= 0.3 is 0 Å². The van der Waals surface area contributed by atoms with Gasteiger partial charge in [-0.3, -0.25) is 4.79 Å². The number of halogens is 1. The minimum absolute atomic E-state index is 0.205. The standard InChI is InChI=1S/C17H17BrN2O3/c1-22-15-7-6-12(9-16(15)23-2)10-17(21)20-19-11-13-4-3-5-14(18)8-13/h3-9,11H,10H2,1-2H3,(H,20,21)/b19-11+. The number of ether oxygens (including phenoxy) is 2. The van der Waals surface area contributed by atoms with Gasteiger partial charge in [-0.05, 0) is 35.4 Å². The number of methoxy groups -OCH3 is 2. The van der Waals surface area contributed by atoms with E-state index in [4.69, 9.17) is 9.47 Å². The highest BCUT2D eigenvalue weighted by atomic mass is 79.9. The van der Waals surface area contributed by atoms with Crippen molar-refractivity contribution >= 4 is 28.1 Å². The van der Waals surface area contributed by atoms with Crippen molar-refractivity contribution in [2.75, 3.05) is 14.2 Å². The fourth-order valence-corrected chi connectivity index (χ4v) is 2.40. The van der Waals surface area contributed by atoms with Gasteiger partial charge in [-0.15, -0.1) is 0 Å². The Morgan fingerprint density at radius 2 is 1.96 bits per heavy atom. The van der Waals surface area contributed by atoms with Crippen LogP contribution in [-0.4, -0.2) is 26.3 Å². The first kappa shape index (κ1) is 17.0. The molecule has 2 rings (SSSR count). The van der Waals surface area contributed by atoms with Crippen LogP contribution in [0.4, 0.5) is 0 Å². The number of rotatable bonds is 6. The maximum absolute atomic E-state index is 11.9. The lowest BCUT2D eigenvalue weighted by Gasteiger charge is -2.09. The van der Waals surface area contributed by atoms with Gasteiger partial charge in [0.2, 0.25) is 5.91 Å². The van der Waals surface area contributed by atoms with Crippen molar-refractivity contribution in [3.8, 4) is 11.5 Å². The summed E-state index contributed by atoms with van der Waals surface area (Å²) in [7, 11) is 3.13. The maximum atomic E-state index is 11.9. The van der Waals surface area contributed by atoms with E-state index in [1.165, 1.54) is 0 Å². The zero-order valence-corrected chi connectivity index (χ0v) is 14.5. The molecule has 23 heavy (non-hydrogen) atoms. The average molecular weight is 377 g/mol. The van der Waals surface area contributed by atoms with Gasteiger partial charge in [-0.1, -0.05) is 34.1 Å². The molecule has 2 aromatic carbocycles. The van der Waals surface area contributed by atoms with E-state index in [9.17, 15) is 4.79 Å². The third kappa shape index (κ3) is 5.10. The Balaban J connectivity index is 1.94. The summed E-state index contributed by atoms with van der Waals surface area (Å²) in [6, 6.07) is 13.0. The van der Waals surface area contributed by atoms with Crippen LogP contribution in [0, 0.1) is 0 Å². The molecule has 5 nitrogen and oxygen atoms in total. The number of hydrazone groups is 1. The number of nitrogens with zero attached hydrogens (tertiary/aromatic N) is 1. The first-order valence-corrected chi connectivity index (χ1v) is 7.70. The Hall–Kier alpha value is -2.34. The molecular weight excluding hydrogens is 360 g/mol. The molecule has 0 atom stereocenters. The SMILES string of the molecule is COc1ccc(CC(=O)N/N=C/c2cccc(Br)c2)cc1OC. The minimum atomic E-state index is -0.205. The summed E-state index contributed by atoms with van der Waals surface area (Å²) in [6.45, 7) is 0. The third-order valence-corrected chi connectivity index (χ3v) is 3.56. The smallest absolute Gasteiger partial charge is 0.244 e. The lowest BCUT2D eigenvalue weighted by molar-refractivity contribution is -0.120. The van der Waals surface area contributed by atoms with Gasteiger partial charge in [0.15, 0.2) is 11.5 Å². The highest BCUT2D eigenvalue weighted by molar-refractivity contribution is 9.10. The van der Waals surface area contributed by atoms with Crippen LogP contribution in [0.25, 0.3) is 0 Å². The van der Waals surface area contributed by atoms with Crippen LogP contribution < -0.4 is 14.9 Å². The van der Waals surface area contributed by atoms with Crippen LogP contribution in [0.15, 0.2) is 52.0 Å². The highest BCUT2D eigenvalue weighted by Gasteiger charge is 2.07. The molecule has 0 radical (unpaired) electrons. The lowest BCUT2D eigenvalue weighted by Crippen LogP contribution is -2.19. The van der Waals surface area contributed by atoms with Crippen molar-refractivity contribution in [3.63, 3.8) is 0 Å². The number of amides is 1. The number of benzene rings is 2. The summed E-state index contributed by atoms with van der Waals surface area (Å²) < 4.78 is 11.3. The van der Waals surface area contributed by atoms with Gasteiger partial charge in [0.05, 0.1) is 26.9 Å².